The molecule has 2 aliphatic heterocycles. The summed E-state index contributed by atoms with van der Waals surface area (Å²) < 4.78 is 29.1. The van der Waals surface area contributed by atoms with Gasteiger partial charge in [-0.3, -0.25) is 0 Å². The summed E-state index contributed by atoms with van der Waals surface area (Å²) in [5.41, 5.74) is 2.55. The van der Waals surface area contributed by atoms with Crippen LogP contribution < -0.4 is 0 Å². The zero-order chi connectivity index (χ0) is 26.0. The molecule has 0 spiro atoms. The molecule has 2 unspecified atom stereocenters. The average Bonchev–Trinajstić information content (AvgIpc) is 3.45. The van der Waals surface area contributed by atoms with Crippen LogP contribution in [0.5, 0.6) is 0 Å². The Morgan fingerprint density at radius 2 is 1.72 bits per heavy atom. The smallest absolute Gasteiger partial charge is 0.333 e. The number of benzene rings is 1. The lowest BCUT2D eigenvalue weighted by Gasteiger charge is -2.17. The summed E-state index contributed by atoms with van der Waals surface area (Å²) in [6.07, 6.45) is 10.7. The molecule has 0 aliphatic carbocycles. The number of carbonyl (C=O) groups is 1. The van der Waals surface area contributed by atoms with E-state index >= 15 is 0 Å². The van der Waals surface area contributed by atoms with Crippen molar-refractivity contribution in [2.45, 2.75) is 64.4 Å². The fourth-order valence-electron chi connectivity index (χ4n) is 4.09. The molecule has 2 atom stereocenters. The van der Waals surface area contributed by atoms with Crippen LogP contribution in [0.15, 0.2) is 84.7 Å². The van der Waals surface area contributed by atoms with Crippen molar-refractivity contribution >= 4 is 11.7 Å². The van der Waals surface area contributed by atoms with Crippen molar-refractivity contribution in [3.63, 3.8) is 0 Å². The van der Waals surface area contributed by atoms with Gasteiger partial charge >= 0.3 is 5.97 Å². The first-order valence-electron chi connectivity index (χ1n) is 12.5. The van der Waals surface area contributed by atoms with Gasteiger partial charge < -0.3 is 23.7 Å². The fraction of sp³-hybridized carbons (Fsp3) is 0.433. The van der Waals surface area contributed by atoms with Gasteiger partial charge in [0.05, 0.1) is 25.4 Å². The van der Waals surface area contributed by atoms with Gasteiger partial charge in [0.2, 0.25) is 0 Å². The van der Waals surface area contributed by atoms with E-state index in [0.717, 1.165) is 36.2 Å². The predicted octanol–water partition coefficient (Wildman–Crippen LogP) is 6.27. The van der Waals surface area contributed by atoms with Gasteiger partial charge in [-0.1, -0.05) is 49.6 Å². The van der Waals surface area contributed by atoms with Crippen molar-refractivity contribution in [1.82, 2.24) is 0 Å². The van der Waals surface area contributed by atoms with E-state index in [1.54, 1.807) is 13.0 Å². The second kappa shape index (κ2) is 13.3. The third kappa shape index (κ3) is 8.54. The van der Waals surface area contributed by atoms with Crippen LogP contribution >= 0.6 is 0 Å². The Morgan fingerprint density at radius 1 is 1.08 bits per heavy atom. The van der Waals surface area contributed by atoms with Gasteiger partial charge in [-0.15, -0.1) is 0 Å². The van der Waals surface area contributed by atoms with E-state index in [0.29, 0.717) is 37.6 Å². The Morgan fingerprint density at radius 3 is 2.33 bits per heavy atom. The van der Waals surface area contributed by atoms with Crippen LogP contribution in [0.1, 0.15) is 52.0 Å². The van der Waals surface area contributed by atoms with Crippen LogP contribution in [-0.4, -0.2) is 43.8 Å². The maximum atomic E-state index is 11.5. The van der Waals surface area contributed by atoms with Crippen LogP contribution in [0.4, 0.5) is 0 Å². The van der Waals surface area contributed by atoms with Crippen molar-refractivity contribution in [1.29, 1.82) is 0 Å². The van der Waals surface area contributed by atoms with Crippen LogP contribution in [0.25, 0.3) is 5.76 Å². The number of hydrogen-bond donors (Lipinski definition) is 0. The first-order valence-corrected chi connectivity index (χ1v) is 12.5. The fourth-order valence-corrected chi connectivity index (χ4v) is 4.09. The average molecular weight is 495 g/mol. The van der Waals surface area contributed by atoms with Gasteiger partial charge in [-0.25, -0.2) is 4.79 Å². The summed E-state index contributed by atoms with van der Waals surface area (Å²) in [6.45, 7) is 14.4. The van der Waals surface area contributed by atoms with Gasteiger partial charge in [0.25, 0.3) is 0 Å². The number of esters is 1. The van der Waals surface area contributed by atoms with E-state index in [1.807, 2.05) is 62.4 Å². The number of rotatable bonds is 13. The second-order valence-electron chi connectivity index (χ2n) is 9.44. The molecule has 1 saturated heterocycles. The highest BCUT2D eigenvalue weighted by Gasteiger charge is 2.40. The molecule has 194 valence electrons. The molecular weight excluding hydrogens is 456 g/mol. The quantitative estimate of drug-likeness (QED) is 0.106. The Bertz CT molecular complexity index is 1000. The normalized spacial score (nSPS) is 22.1. The molecule has 0 N–H and O–H groups in total. The predicted molar refractivity (Wildman–Crippen MR) is 141 cm³/mol. The molecule has 1 aromatic rings. The number of ether oxygens (including phenoxy) is 5. The van der Waals surface area contributed by atoms with Crippen molar-refractivity contribution in [2.75, 3.05) is 19.8 Å². The molecule has 1 aromatic carbocycles. The van der Waals surface area contributed by atoms with Crippen LogP contribution in [0.3, 0.4) is 0 Å². The second-order valence-corrected chi connectivity index (χ2v) is 9.44. The highest BCUT2D eigenvalue weighted by atomic mass is 16.7. The zero-order valence-electron chi connectivity index (χ0n) is 21.7. The summed E-state index contributed by atoms with van der Waals surface area (Å²) in [4.78, 5) is 11.5. The Hall–Kier alpha value is -3.09. The van der Waals surface area contributed by atoms with Crippen molar-refractivity contribution in [3.05, 3.63) is 90.3 Å². The largest absolute Gasteiger partial charge is 0.494 e. The summed E-state index contributed by atoms with van der Waals surface area (Å²) in [5, 5.41) is 0. The molecule has 36 heavy (non-hydrogen) atoms. The minimum Gasteiger partial charge on any atom is -0.494 e. The van der Waals surface area contributed by atoms with Gasteiger partial charge in [0, 0.05) is 11.1 Å². The Balaban J connectivity index is 1.43. The molecule has 0 radical (unpaired) electrons. The highest BCUT2D eigenvalue weighted by Crippen LogP contribution is 2.33. The van der Waals surface area contributed by atoms with E-state index in [1.165, 1.54) is 0 Å². The van der Waals surface area contributed by atoms with Crippen LogP contribution in [-0.2, 0) is 28.5 Å². The number of allylic oxidation sites excluding steroid dienone is 3. The van der Waals surface area contributed by atoms with E-state index in [4.69, 9.17) is 23.7 Å². The van der Waals surface area contributed by atoms with Crippen molar-refractivity contribution in [2.24, 2.45) is 0 Å². The topological polar surface area (TPSA) is 63.2 Å². The minimum atomic E-state index is -0.627. The SMILES string of the molecule is C=C/C(=C\C=C1\C=C(c2ccccc2)OC1)OCCCC1OC(C)(C)OC1CCCOC(=O)C(=C)C. The third-order valence-electron chi connectivity index (χ3n) is 5.83. The summed E-state index contributed by atoms with van der Waals surface area (Å²) >= 11 is 0. The summed E-state index contributed by atoms with van der Waals surface area (Å²) in [6, 6.07) is 10.1. The van der Waals surface area contributed by atoms with Gasteiger partial charge in [0.1, 0.15) is 18.1 Å². The lowest BCUT2D eigenvalue weighted by molar-refractivity contribution is -0.148. The van der Waals surface area contributed by atoms with Crippen molar-refractivity contribution < 1.29 is 28.5 Å². The van der Waals surface area contributed by atoms with E-state index < -0.39 is 5.79 Å². The molecule has 6 heteroatoms. The maximum Gasteiger partial charge on any atom is 0.333 e. The maximum absolute atomic E-state index is 11.5. The standard InChI is InChI=1S/C30H38O6/c1-6-25(17-16-23-20-28(34-21-23)24-12-8-7-9-13-24)32-18-10-14-26-27(36-30(4,5)35-26)15-11-19-33-29(31)22(2)3/h6-9,12-13,16-17,20,26-27H,1-2,10-11,14-15,18-19,21H2,3-5H3/b23-16-,25-17+. The molecule has 0 aromatic heterocycles. The molecule has 0 saturated carbocycles. The Labute approximate surface area is 214 Å². The first-order chi connectivity index (χ1) is 17.3. The summed E-state index contributed by atoms with van der Waals surface area (Å²) in [7, 11) is 0. The monoisotopic (exact) mass is 494 g/mol. The van der Waals surface area contributed by atoms with Crippen molar-refractivity contribution in [3.8, 4) is 0 Å². The first kappa shape index (κ1) is 27.5. The number of hydrogen-bond acceptors (Lipinski definition) is 6. The lowest BCUT2D eigenvalue weighted by Crippen LogP contribution is -2.23. The minimum absolute atomic E-state index is 0.0316. The van der Waals surface area contributed by atoms with Gasteiger partial charge in [-0.05, 0) is 70.3 Å². The lowest BCUT2D eigenvalue weighted by atomic mass is 10.0. The van der Waals surface area contributed by atoms with Crippen LogP contribution in [0, 0.1) is 0 Å². The van der Waals surface area contributed by atoms with Gasteiger partial charge in [0.15, 0.2) is 5.79 Å². The molecule has 6 nitrogen and oxygen atoms in total. The highest BCUT2D eigenvalue weighted by molar-refractivity contribution is 5.86. The van der Waals surface area contributed by atoms with E-state index in [-0.39, 0.29) is 18.2 Å². The van der Waals surface area contributed by atoms with Crippen LogP contribution in [0.2, 0.25) is 0 Å². The van der Waals surface area contributed by atoms with E-state index in [9.17, 15) is 4.79 Å². The van der Waals surface area contributed by atoms with Gasteiger partial charge in [-0.2, -0.15) is 0 Å². The Kier molecular flexibility index (Phi) is 10.1. The number of carbonyl (C=O) groups excluding carboxylic acids is 1. The molecule has 2 heterocycles. The third-order valence-corrected chi connectivity index (χ3v) is 5.83. The molecule has 0 bridgehead atoms. The molecule has 1 fully saturated rings. The summed E-state index contributed by atoms with van der Waals surface area (Å²) in [5.74, 6) is 0.603. The molecular formula is C30H38O6. The molecule has 2 aliphatic rings. The molecule has 0 amide bonds. The molecule has 3 rings (SSSR count). The van der Waals surface area contributed by atoms with E-state index in [2.05, 4.69) is 13.2 Å². The zero-order valence-corrected chi connectivity index (χ0v) is 21.7.